The van der Waals surface area contributed by atoms with E-state index in [-0.39, 0.29) is 16.8 Å². The Balaban J connectivity index is 1.73. The number of nitrogens with zero attached hydrogens (tertiary/aromatic N) is 1. The van der Waals surface area contributed by atoms with Crippen molar-refractivity contribution in [3.05, 3.63) is 29.8 Å². The number of benzene rings is 1. The average Bonchev–Trinajstić information content (AvgIpc) is 3.13. The SMILES string of the molecule is CCc1ccc(S(=O)(=O)N2CCC[C@H]2C(=O)NC2CCCCC2)cc1. The minimum absolute atomic E-state index is 0.127. The maximum absolute atomic E-state index is 13.0. The van der Waals surface area contributed by atoms with Crippen molar-refractivity contribution in [2.24, 2.45) is 0 Å². The van der Waals surface area contributed by atoms with Crippen molar-refractivity contribution in [3.8, 4) is 0 Å². The van der Waals surface area contributed by atoms with Crippen molar-refractivity contribution in [2.45, 2.75) is 75.3 Å². The lowest BCUT2D eigenvalue weighted by atomic mass is 9.95. The lowest BCUT2D eigenvalue weighted by Crippen LogP contribution is -2.49. The molecule has 0 bridgehead atoms. The van der Waals surface area contributed by atoms with Crippen LogP contribution in [0.2, 0.25) is 0 Å². The summed E-state index contributed by atoms with van der Waals surface area (Å²) in [6.45, 7) is 2.45. The van der Waals surface area contributed by atoms with Crippen LogP contribution in [0.25, 0.3) is 0 Å². The van der Waals surface area contributed by atoms with Crippen LogP contribution in [0.5, 0.6) is 0 Å². The molecule has 1 aliphatic heterocycles. The molecule has 138 valence electrons. The fourth-order valence-electron chi connectivity index (χ4n) is 3.87. The zero-order chi connectivity index (χ0) is 17.9. The molecule has 1 saturated carbocycles. The Bertz CT molecular complexity index is 694. The second kappa shape index (κ2) is 7.87. The Morgan fingerprint density at radius 2 is 1.76 bits per heavy atom. The molecule has 5 nitrogen and oxygen atoms in total. The van der Waals surface area contributed by atoms with E-state index >= 15 is 0 Å². The Morgan fingerprint density at radius 1 is 1.08 bits per heavy atom. The van der Waals surface area contributed by atoms with Gasteiger partial charge in [0.2, 0.25) is 15.9 Å². The Kier molecular flexibility index (Phi) is 5.79. The summed E-state index contributed by atoms with van der Waals surface area (Å²) >= 11 is 0. The molecule has 0 radical (unpaired) electrons. The monoisotopic (exact) mass is 364 g/mol. The largest absolute Gasteiger partial charge is 0.352 e. The van der Waals surface area contributed by atoms with E-state index < -0.39 is 16.1 Å². The van der Waals surface area contributed by atoms with Gasteiger partial charge in [0.25, 0.3) is 0 Å². The molecule has 3 rings (SSSR count). The number of amides is 1. The van der Waals surface area contributed by atoms with E-state index in [4.69, 9.17) is 0 Å². The number of aryl methyl sites for hydroxylation is 1. The van der Waals surface area contributed by atoms with E-state index in [9.17, 15) is 13.2 Å². The summed E-state index contributed by atoms with van der Waals surface area (Å²) in [6, 6.07) is 6.64. The fourth-order valence-corrected chi connectivity index (χ4v) is 5.52. The van der Waals surface area contributed by atoms with Gasteiger partial charge in [0.1, 0.15) is 6.04 Å². The third kappa shape index (κ3) is 4.06. The van der Waals surface area contributed by atoms with Crippen LogP contribution in [-0.2, 0) is 21.2 Å². The molecule has 1 atom stereocenters. The lowest BCUT2D eigenvalue weighted by molar-refractivity contribution is -0.125. The van der Waals surface area contributed by atoms with Crippen LogP contribution in [0.4, 0.5) is 0 Å². The second-order valence-electron chi connectivity index (χ2n) is 7.11. The summed E-state index contributed by atoms with van der Waals surface area (Å²) in [5.41, 5.74) is 1.10. The van der Waals surface area contributed by atoms with E-state index in [1.807, 2.05) is 19.1 Å². The molecule has 1 amide bonds. The minimum Gasteiger partial charge on any atom is -0.352 e. The molecule has 25 heavy (non-hydrogen) atoms. The van der Waals surface area contributed by atoms with E-state index in [2.05, 4.69) is 5.32 Å². The van der Waals surface area contributed by atoms with E-state index in [1.54, 1.807) is 12.1 Å². The van der Waals surface area contributed by atoms with Gasteiger partial charge in [0.15, 0.2) is 0 Å². The summed E-state index contributed by atoms with van der Waals surface area (Å²) in [5, 5.41) is 3.09. The van der Waals surface area contributed by atoms with Crippen LogP contribution < -0.4 is 5.32 Å². The molecule has 1 heterocycles. The molecule has 2 fully saturated rings. The van der Waals surface area contributed by atoms with Gasteiger partial charge in [-0.3, -0.25) is 4.79 Å². The predicted molar refractivity (Wildman–Crippen MR) is 97.7 cm³/mol. The van der Waals surface area contributed by atoms with Gasteiger partial charge in [0, 0.05) is 12.6 Å². The maximum Gasteiger partial charge on any atom is 0.243 e. The van der Waals surface area contributed by atoms with Gasteiger partial charge < -0.3 is 5.32 Å². The first kappa shape index (κ1) is 18.4. The zero-order valence-electron chi connectivity index (χ0n) is 14.9. The van der Waals surface area contributed by atoms with Crippen LogP contribution in [0, 0.1) is 0 Å². The Labute approximate surface area is 150 Å². The highest BCUT2D eigenvalue weighted by atomic mass is 32.2. The average molecular weight is 365 g/mol. The molecule has 2 aliphatic rings. The predicted octanol–water partition coefficient (Wildman–Crippen LogP) is 2.85. The molecule has 6 heteroatoms. The van der Waals surface area contributed by atoms with Crippen LogP contribution in [0.1, 0.15) is 57.4 Å². The molecule has 1 N–H and O–H groups in total. The summed E-state index contributed by atoms with van der Waals surface area (Å²) in [6.07, 6.45) is 7.72. The van der Waals surface area contributed by atoms with Gasteiger partial charge in [-0.1, -0.05) is 38.3 Å². The van der Waals surface area contributed by atoms with Crippen molar-refractivity contribution in [2.75, 3.05) is 6.54 Å². The van der Waals surface area contributed by atoms with Gasteiger partial charge in [-0.15, -0.1) is 0 Å². The molecule has 0 aromatic heterocycles. The topological polar surface area (TPSA) is 66.5 Å². The number of rotatable bonds is 5. The molecular formula is C19H28N2O3S. The number of nitrogens with one attached hydrogen (secondary N) is 1. The smallest absolute Gasteiger partial charge is 0.243 e. The first-order chi connectivity index (χ1) is 12.0. The van der Waals surface area contributed by atoms with Crippen LogP contribution in [-0.4, -0.2) is 37.3 Å². The van der Waals surface area contributed by atoms with Crippen molar-refractivity contribution >= 4 is 15.9 Å². The molecule has 0 unspecified atom stereocenters. The quantitative estimate of drug-likeness (QED) is 0.874. The van der Waals surface area contributed by atoms with Gasteiger partial charge in [-0.25, -0.2) is 8.42 Å². The van der Waals surface area contributed by atoms with Crippen molar-refractivity contribution in [1.82, 2.24) is 9.62 Å². The number of carbonyl (C=O) groups is 1. The second-order valence-corrected chi connectivity index (χ2v) is 9.01. The van der Waals surface area contributed by atoms with Gasteiger partial charge in [0.05, 0.1) is 4.90 Å². The summed E-state index contributed by atoms with van der Waals surface area (Å²) in [5.74, 6) is -0.127. The number of carbonyl (C=O) groups excluding carboxylic acids is 1. The third-order valence-electron chi connectivity index (χ3n) is 5.40. The Hall–Kier alpha value is -1.40. The van der Waals surface area contributed by atoms with Crippen LogP contribution in [0.15, 0.2) is 29.2 Å². The van der Waals surface area contributed by atoms with Gasteiger partial charge >= 0.3 is 0 Å². The van der Waals surface area contributed by atoms with E-state index in [1.165, 1.54) is 10.7 Å². The summed E-state index contributed by atoms with van der Waals surface area (Å²) in [4.78, 5) is 13.0. The van der Waals surface area contributed by atoms with Gasteiger partial charge in [-0.05, 0) is 49.8 Å². The first-order valence-electron chi connectivity index (χ1n) is 9.43. The lowest BCUT2D eigenvalue weighted by Gasteiger charge is -2.28. The standard InChI is InChI=1S/C19H28N2O3S/c1-2-15-10-12-17(13-11-15)25(23,24)21-14-6-9-18(21)19(22)20-16-7-4-3-5-8-16/h10-13,16,18H,2-9,14H2,1H3,(H,20,22)/t18-/m0/s1. The molecule has 1 saturated heterocycles. The summed E-state index contributed by atoms with van der Waals surface area (Å²) in [7, 11) is -3.63. The molecule has 0 spiro atoms. The Morgan fingerprint density at radius 3 is 2.40 bits per heavy atom. The maximum atomic E-state index is 13.0. The highest BCUT2D eigenvalue weighted by molar-refractivity contribution is 7.89. The molecule has 1 aromatic rings. The number of hydrogen-bond acceptors (Lipinski definition) is 3. The first-order valence-corrected chi connectivity index (χ1v) is 10.9. The fraction of sp³-hybridized carbons (Fsp3) is 0.632. The van der Waals surface area contributed by atoms with Crippen LogP contribution >= 0.6 is 0 Å². The highest BCUT2D eigenvalue weighted by Gasteiger charge is 2.39. The molecule has 1 aliphatic carbocycles. The van der Waals surface area contributed by atoms with E-state index in [0.717, 1.165) is 44.1 Å². The highest BCUT2D eigenvalue weighted by Crippen LogP contribution is 2.27. The normalized spacial score (nSPS) is 22.8. The number of sulfonamides is 1. The third-order valence-corrected chi connectivity index (χ3v) is 7.32. The van der Waals surface area contributed by atoms with Crippen molar-refractivity contribution in [3.63, 3.8) is 0 Å². The summed E-state index contributed by atoms with van der Waals surface area (Å²) < 4.78 is 27.4. The minimum atomic E-state index is -3.63. The molecule has 1 aromatic carbocycles. The zero-order valence-corrected chi connectivity index (χ0v) is 15.7. The van der Waals surface area contributed by atoms with E-state index in [0.29, 0.717) is 13.0 Å². The molecular weight excluding hydrogens is 336 g/mol. The van der Waals surface area contributed by atoms with Crippen molar-refractivity contribution < 1.29 is 13.2 Å². The van der Waals surface area contributed by atoms with Crippen LogP contribution in [0.3, 0.4) is 0 Å². The number of hydrogen-bond donors (Lipinski definition) is 1. The van der Waals surface area contributed by atoms with Crippen molar-refractivity contribution in [1.29, 1.82) is 0 Å². The van der Waals surface area contributed by atoms with Gasteiger partial charge in [-0.2, -0.15) is 4.31 Å².